The van der Waals surface area contributed by atoms with Crippen LogP contribution < -0.4 is 0 Å². The average Bonchev–Trinajstić information content (AvgIpc) is 2.20. The SMILES string of the molecule is CCCN(CC(C)C)C1CC(O)CCC1(C)C. The third-order valence-corrected chi connectivity index (χ3v) is 4.07. The lowest BCUT2D eigenvalue weighted by molar-refractivity contribution is -0.0157. The molecule has 1 aliphatic carbocycles. The van der Waals surface area contributed by atoms with E-state index in [1.165, 1.54) is 13.0 Å². The van der Waals surface area contributed by atoms with Crippen molar-refractivity contribution >= 4 is 0 Å². The van der Waals surface area contributed by atoms with Crippen LogP contribution in [-0.2, 0) is 0 Å². The largest absolute Gasteiger partial charge is 0.393 e. The number of rotatable bonds is 5. The lowest BCUT2D eigenvalue weighted by Gasteiger charge is -2.47. The Labute approximate surface area is 107 Å². The first-order chi connectivity index (χ1) is 7.86. The van der Waals surface area contributed by atoms with E-state index < -0.39 is 0 Å². The van der Waals surface area contributed by atoms with Crippen molar-refractivity contribution in [3.8, 4) is 0 Å². The summed E-state index contributed by atoms with van der Waals surface area (Å²) in [5.41, 5.74) is 0.350. The summed E-state index contributed by atoms with van der Waals surface area (Å²) in [4.78, 5) is 2.62. The minimum atomic E-state index is -0.0838. The molecule has 1 saturated carbocycles. The lowest BCUT2D eigenvalue weighted by Crippen LogP contribution is -2.51. The molecule has 1 N–H and O–H groups in total. The fourth-order valence-corrected chi connectivity index (χ4v) is 3.17. The molecule has 0 bridgehead atoms. The van der Waals surface area contributed by atoms with E-state index in [2.05, 4.69) is 39.5 Å². The first-order valence-corrected chi connectivity index (χ1v) is 7.29. The van der Waals surface area contributed by atoms with Crippen LogP contribution in [0.25, 0.3) is 0 Å². The van der Waals surface area contributed by atoms with Gasteiger partial charge in [-0.1, -0.05) is 34.6 Å². The van der Waals surface area contributed by atoms with Crippen LogP contribution in [0.3, 0.4) is 0 Å². The highest BCUT2D eigenvalue weighted by molar-refractivity contribution is 4.92. The Kier molecular flexibility index (Phi) is 5.46. The van der Waals surface area contributed by atoms with Crippen LogP contribution in [0, 0.1) is 11.3 Å². The van der Waals surface area contributed by atoms with E-state index in [9.17, 15) is 5.11 Å². The van der Waals surface area contributed by atoms with Crippen LogP contribution in [0.4, 0.5) is 0 Å². The molecule has 0 aromatic heterocycles. The minimum Gasteiger partial charge on any atom is -0.393 e. The van der Waals surface area contributed by atoms with Crippen molar-refractivity contribution in [1.82, 2.24) is 4.90 Å². The number of aliphatic hydroxyl groups is 1. The van der Waals surface area contributed by atoms with E-state index in [-0.39, 0.29) is 6.10 Å². The standard InChI is InChI=1S/C15H31NO/c1-6-9-16(11-12(2)3)14-10-13(17)7-8-15(14,4)5/h12-14,17H,6-11H2,1-5H3. The predicted molar refractivity (Wildman–Crippen MR) is 74.1 cm³/mol. The molecule has 2 nitrogen and oxygen atoms in total. The van der Waals surface area contributed by atoms with Crippen molar-refractivity contribution in [2.45, 2.75) is 72.4 Å². The molecule has 17 heavy (non-hydrogen) atoms. The van der Waals surface area contributed by atoms with Crippen molar-refractivity contribution in [2.75, 3.05) is 13.1 Å². The van der Waals surface area contributed by atoms with Gasteiger partial charge in [-0.2, -0.15) is 0 Å². The van der Waals surface area contributed by atoms with Crippen molar-refractivity contribution < 1.29 is 5.11 Å². The molecule has 1 rings (SSSR count). The van der Waals surface area contributed by atoms with E-state index in [4.69, 9.17) is 0 Å². The monoisotopic (exact) mass is 241 g/mol. The predicted octanol–water partition coefficient (Wildman–Crippen LogP) is 3.29. The first-order valence-electron chi connectivity index (χ1n) is 7.29. The Morgan fingerprint density at radius 1 is 1.35 bits per heavy atom. The molecule has 2 atom stereocenters. The molecule has 0 heterocycles. The smallest absolute Gasteiger partial charge is 0.0555 e. The molecule has 102 valence electrons. The van der Waals surface area contributed by atoms with Crippen molar-refractivity contribution in [2.24, 2.45) is 11.3 Å². The maximum atomic E-state index is 9.94. The zero-order valence-electron chi connectivity index (χ0n) is 12.4. The maximum Gasteiger partial charge on any atom is 0.0555 e. The first kappa shape index (κ1) is 15.0. The van der Waals surface area contributed by atoms with Gasteiger partial charge in [-0.3, -0.25) is 4.90 Å². The van der Waals surface area contributed by atoms with Gasteiger partial charge in [0.15, 0.2) is 0 Å². The highest BCUT2D eigenvalue weighted by atomic mass is 16.3. The van der Waals surface area contributed by atoms with Crippen LogP contribution in [-0.4, -0.2) is 35.2 Å². The molecule has 0 amide bonds. The number of hydrogen-bond acceptors (Lipinski definition) is 2. The summed E-state index contributed by atoms with van der Waals surface area (Å²) < 4.78 is 0. The van der Waals surface area contributed by atoms with Gasteiger partial charge in [0, 0.05) is 12.6 Å². The van der Waals surface area contributed by atoms with Crippen LogP contribution in [0.15, 0.2) is 0 Å². The molecule has 0 spiro atoms. The summed E-state index contributed by atoms with van der Waals surface area (Å²) in [6.07, 6.45) is 4.21. The third-order valence-electron chi connectivity index (χ3n) is 4.07. The van der Waals surface area contributed by atoms with Crippen LogP contribution in [0.1, 0.15) is 60.3 Å². The average molecular weight is 241 g/mol. The van der Waals surface area contributed by atoms with Crippen molar-refractivity contribution in [3.63, 3.8) is 0 Å². The van der Waals surface area contributed by atoms with Crippen LogP contribution >= 0.6 is 0 Å². The van der Waals surface area contributed by atoms with Gasteiger partial charge in [-0.25, -0.2) is 0 Å². The van der Waals surface area contributed by atoms with Crippen molar-refractivity contribution in [3.05, 3.63) is 0 Å². The quantitative estimate of drug-likeness (QED) is 0.798. The Hall–Kier alpha value is -0.0800. The Morgan fingerprint density at radius 2 is 2.00 bits per heavy atom. The Morgan fingerprint density at radius 3 is 2.53 bits per heavy atom. The van der Waals surface area contributed by atoms with Gasteiger partial charge in [-0.15, -0.1) is 0 Å². The summed E-state index contributed by atoms with van der Waals surface area (Å²) in [6, 6.07) is 0.550. The Bertz CT molecular complexity index is 225. The molecule has 0 aromatic rings. The van der Waals surface area contributed by atoms with E-state index in [0.717, 1.165) is 25.8 Å². The summed E-state index contributed by atoms with van der Waals surface area (Å²) in [6.45, 7) is 13.9. The summed E-state index contributed by atoms with van der Waals surface area (Å²) >= 11 is 0. The fraction of sp³-hybridized carbons (Fsp3) is 1.00. The molecule has 2 unspecified atom stereocenters. The second kappa shape index (κ2) is 6.19. The van der Waals surface area contributed by atoms with Gasteiger partial charge in [0.05, 0.1) is 6.10 Å². The topological polar surface area (TPSA) is 23.5 Å². The molecule has 0 radical (unpaired) electrons. The molecule has 2 heteroatoms. The maximum absolute atomic E-state index is 9.94. The molecular formula is C15H31NO. The Balaban J connectivity index is 2.74. The zero-order valence-corrected chi connectivity index (χ0v) is 12.4. The van der Waals surface area contributed by atoms with Gasteiger partial charge in [0.2, 0.25) is 0 Å². The number of hydrogen-bond donors (Lipinski definition) is 1. The molecule has 0 aliphatic heterocycles. The van der Waals surface area contributed by atoms with E-state index >= 15 is 0 Å². The van der Waals surface area contributed by atoms with Crippen LogP contribution in [0.2, 0.25) is 0 Å². The molecular weight excluding hydrogens is 210 g/mol. The number of aliphatic hydroxyl groups excluding tert-OH is 1. The highest BCUT2D eigenvalue weighted by Gasteiger charge is 2.39. The van der Waals surface area contributed by atoms with Gasteiger partial charge in [0.25, 0.3) is 0 Å². The summed E-state index contributed by atoms with van der Waals surface area (Å²) in [5.74, 6) is 0.705. The lowest BCUT2D eigenvalue weighted by atomic mass is 9.71. The van der Waals surface area contributed by atoms with Gasteiger partial charge < -0.3 is 5.11 Å². The van der Waals surface area contributed by atoms with Gasteiger partial charge >= 0.3 is 0 Å². The molecule has 0 aromatic carbocycles. The molecule has 0 saturated heterocycles. The van der Waals surface area contributed by atoms with E-state index in [0.29, 0.717) is 17.4 Å². The normalized spacial score (nSPS) is 28.9. The molecule has 1 aliphatic rings. The second-order valence-electron chi connectivity index (χ2n) is 6.82. The summed E-state index contributed by atoms with van der Waals surface area (Å²) in [7, 11) is 0. The second-order valence-corrected chi connectivity index (χ2v) is 6.82. The number of nitrogens with zero attached hydrogens (tertiary/aromatic N) is 1. The van der Waals surface area contributed by atoms with Gasteiger partial charge in [0.1, 0.15) is 0 Å². The van der Waals surface area contributed by atoms with Gasteiger partial charge in [-0.05, 0) is 43.6 Å². The third kappa shape index (κ3) is 4.26. The van der Waals surface area contributed by atoms with Crippen LogP contribution in [0.5, 0.6) is 0 Å². The minimum absolute atomic E-state index is 0.0838. The molecule has 1 fully saturated rings. The zero-order chi connectivity index (χ0) is 13.1. The highest BCUT2D eigenvalue weighted by Crippen LogP contribution is 2.39. The summed E-state index contributed by atoms with van der Waals surface area (Å²) in [5, 5.41) is 9.94. The van der Waals surface area contributed by atoms with E-state index in [1.54, 1.807) is 0 Å². The van der Waals surface area contributed by atoms with E-state index in [1.807, 2.05) is 0 Å². The fourth-order valence-electron chi connectivity index (χ4n) is 3.17. The van der Waals surface area contributed by atoms with Crippen molar-refractivity contribution in [1.29, 1.82) is 0 Å².